The summed E-state index contributed by atoms with van der Waals surface area (Å²) < 4.78 is 11.6. The minimum Gasteiger partial charge on any atom is -0.457 e. The number of rotatable bonds is 13. The summed E-state index contributed by atoms with van der Waals surface area (Å²) in [4.78, 5) is 41.1. The first-order valence-electron chi connectivity index (χ1n) is 17.9. The molecule has 0 aromatic heterocycles. The minimum absolute atomic E-state index is 0.0959. The summed E-state index contributed by atoms with van der Waals surface area (Å²) in [5.74, 6) is 0.578. The van der Waals surface area contributed by atoms with Crippen molar-refractivity contribution in [3.05, 3.63) is 102 Å². The maximum Gasteiger partial charge on any atom is 0.407 e. The molecule has 3 aliphatic rings. The highest BCUT2D eigenvalue weighted by atomic mass is 16.5. The maximum atomic E-state index is 14.0. The maximum absolute atomic E-state index is 14.0. The van der Waals surface area contributed by atoms with Crippen molar-refractivity contribution in [2.75, 3.05) is 18.5 Å². The van der Waals surface area contributed by atoms with Crippen molar-refractivity contribution >= 4 is 29.2 Å². The molecule has 0 spiro atoms. The number of carbonyl (C=O) groups excluding carboxylic acids is 3. The van der Waals surface area contributed by atoms with Crippen LogP contribution in [0.5, 0.6) is 5.75 Å². The second kappa shape index (κ2) is 16.2. The molecular formula is C41H48N4O5. The number of ether oxygens (including phenoxy) is 2. The molecule has 2 atom stereocenters. The Kier molecular flexibility index (Phi) is 11.3. The molecule has 1 saturated carbocycles. The third-order valence-corrected chi connectivity index (χ3v) is 10.1. The van der Waals surface area contributed by atoms with Crippen molar-refractivity contribution in [2.24, 2.45) is 11.7 Å². The third kappa shape index (κ3) is 8.28. The van der Waals surface area contributed by atoms with Gasteiger partial charge in [-0.1, -0.05) is 87.2 Å². The number of carbonyl (C=O) groups is 3. The fraction of sp³-hybridized carbons (Fsp3) is 0.390. The monoisotopic (exact) mass is 676 g/mol. The summed E-state index contributed by atoms with van der Waals surface area (Å²) in [5, 5.41) is 8.82. The Labute approximate surface area is 294 Å². The lowest BCUT2D eigenvalue weighted by molar-refractivity contribution is -0.128. The zero-order valence-corrected chi connectivity index (χ0v) is 28.8. The molecule has 3 aromatic rings. The summed E-state index contributed by atoms with van der Waals surface area (Å²) in [6.45, 7) is 6.51. The fourth-order valence-corrected chi connectivity index (χ4v) is 7.53. The predicted octanol–water partition coefficient (Wildman–Crippen LogP) is 7.43. The summed E-state index contributed by atoms with van der Waals surface area (Å²) in [5.41, 5.74) is 12.8. The molecule has 1 heterocycles. The molecule has 3 amide bonds. The van der Waals surface area contributed by atoms with E-state index in [1.807, 2.05) is 49.4 Å². The van der Waals surface area contributed by atoms with Crippen LogP contribution < -0.4 is 26.4 Å². The first-order valence-corrected chi connectivity index (χ1v) is 17.9. The zero-order valence-electron chi connectivity index (χ0n) is 28.8. The van der Waals surface area contributed by atoms with Gasteiger partial charge in [-0.15, -0.1) is 0 Å². The lowest BCUT2D eigenvalue weighted by Crippen LogP contribution is -2.53. The SMILES string of the molecule is C=C1C=C(C)c2ccc(NC(=O)C(CCCCN)NC(=O)C(CC3CCCCC3)NC(=O)OCC3c4ccccc4-c4ccccc43)cc2O1. The molecule has 1 aliphatic heterocycles. The molecule has 9 nitrogen and oxygen atoms in total. The molecular weight excluding hydrogens is 628 g/mol. The normalized spacial score (nSPS) is 16.5. The molecule has 5 N–H and O–H groups in total. The van der Waals surface area contributed by atoms with Crippen molar-refractivity contribution in [1.29, 1.82) is 0 Å². The predicted molar refractivity (Wildman–Crippen MR) is 197 cm³/mol. The van der Waals surface area contributed by atoms with Crippen LogP contribution in [0.15, 0.2) is 85.1 Å². The molecule has 6 rings (SSSR count). The van der Waals surface area contributed by atoms with Crippen molar-refractivity contribution in [2.45, 2.75) is 82.7 Å². The van der Waals surface area contributed by atoms with E-state index in [0.29, 0.717) is 55.3 Å². The van der Waals surface area contributed by atoms with Crippen LogP contribution in [-0.4, -0.2) is 43.1 Å². The van der Waals surface area contributed by atoms with Crippen molar-refractivity contribution in [3.8, 4) is 16.9 Å². The van der Waals surface area contributed by atoms with Gasteiger partial charge in [-0.2, -0.15) is 0 Å². The standard InChI is InChI=1S/C41H48N4O5/c1-26-22-27(2)50-38-24-29(19-20-30(26)38)43-39(46)36(18-10-11-21-42)44-40(47)37(23-28-12-4-3-5-13-28)45-41(48)49-25-35-33-16-8-6-14-31(33)32-15-7-9-17-34(32)35/h6-9,14-17,19-20,22,24,28,35-37H,2-5,10-13,18,21,23,25,42H2,1H3,(H,43,46)(H,44,47)(H,45,48). The van der Waals surface area contributed by atoms with E-state index in [0.717, 1.165) is 59.1 Å². The summed E-state index contributed by atoms with van der Waals surface area (Å²) in [7, 11) is 0. The molecule has 9 heteroatoms. The fourth-order valence-electron chi connectivity index (χ4n) is 7.53. The van der Waals surface area contributed by atoms with Crippen LogP contribution in [0.25, 0.3) is 16.7 Å². The molecule has 262 valence electrons. The highest BCUT2D eigenvalue weighted by molar-refractivity contribution is 5.98. The molecule has 0 saturated heterocycles. The molecule has 0 bridgehead atoms. The number of nitrogens with two attached hydrogens (primary N) is 1. The van der Waals surface area contributed by atoms with Crippen LogP contribution in [0, 0.1) is 5.92 Å². The number of alkyl carbamates (subject to hydrolysis) is 1. The summed E-state index contributed by atoms with van der Waals surface area (Å²) in [6, 6.07) is 20.1. The van der Waals surface area contributed by atoms with Crippen molar-refractivity contribution < 1.29 is 23.9 Å². The van der Waals surface area contributed by atoms with Crippen LogP contribution >= 0.6 is 0 Å². The largest absolute Gasteiger partial charge is 0.457 e. The van der Waals surface area contributed by atoms with Gasteiger partial charge < -0.3 is 31.2 Å². The highest BCUT2D eigenvalue weighted by Crippen LogP contribution is 2.44. The van der Waals surface area contributed by atoms with E-state index < -0.39 is 24.1 Å². The Balaban J connectivity index is 1.14. The molecule has 3 aromatic carbocycles. The number of anilines is 1. The van der Waals surface area contributed by atoms with Gasteiger partial charge in [-0.3, -0.25) is 9.59 Å². The van der Waals surface area contributed by atoms with Gasteiger partial charge in [-0.05, 0) is 91.1 Å². The number of fused-ring (bicyclic) bond motifs is 4. The first kappa shape index (κ1) is 35.0. The highest BCUT2D eigenvalue weighted by Gasteiger charge is 2.32. The van der Waals surface area contributed by atoms with Crippen LogP contribution in [-0.2, 0) is 14.3 Å². The van der Waals surface area contributed by atoms with Gasteiger partial charge in [0.15, 0.2) is 0 Å². The number of hydrogen-bond acceptors (Lipinski definition) is 6. The van der Waals surface area contributed by atoms with E-state index in [-0.39, 0.29) is 18.4 Å². The quantitative estimate of drug-likeness (QED) is 0.139. The van der Waals surface area contributed by atoms with E-state index in [1.165, 1.54) is 6.42 Å². The Bertz CT molecular complexity index is 1720. The van der Waals surface area contributed by atoms with Gasteiger partial charge in [0.2, 0.25) is 11.8 Å². The van der Waals surface area contributed by atoms with E-state index in [2.05, 4.69) is 46.8 Å². The molecule has 2 aliphatic carbocycles. The molecule has 0 radical (unpaired) electrons. The Hall–Kier alpha value is -4.89. The van der Waals surface area contributed by atoms with Crippen molar-refractivity contribution in [1.82, 2.24) is 10.6 Å². The van der Waals surface area contributed by atoms with Crippen molar-refractivity contribution in [3.63, 3.8) is 0 Å². The van der Waals surface area contributed by atoms with Gasteiger partial charge in [0.1, 0.15) is 30.2 Å². The van der Waals surface area contributed by atoms with E-state index in [9.17, 15) is 14.4 Å². The Morgan fingerprint density at radius 1 is 0.880 bits per heavy atom. The van der Waals surface area contributed by atoms with Gasteiger partial charge in [0, 0.05) is 23.2 Å². The number of nitrogens with one attached hydrogen (secondary N) is 3. The smallest absolute Gasteiger partial charge is 0.407 e. The topological polar surface area (TPSA) is 132 Å². The lowest BCUT2D eigenvalue weighted by atomic mass is 9.84. The number of unbranched alkanes of at least 4 members (excludes halogenated alkanes) is 1. The second-order valence-corrected chi connectivity index (χ2v) is 13.7. The number of amides is 3. The van der Waals surface area contributed by atoms with E-state index in [4.69, 9.17) is 15.2 Å². The second-order valence-electron chi connectivity index (χ2n) is 13.7. The molecule has 1 fully saturated rings. The first-order chi connectivity index (χ1) is 24.3. The Morgan fingerprint density at radius 2 is 1.58 bits per heavy atom. The number of hydrogen-bond donors (Lipinski definition) is 4. The van der Waals surface area contributed by atoms with Gasteiger partial charge in [0.05, 0.1) is 0 Å². The lowest BCUT2D eigenvalue weighted by Gasteiger charge is -2.28. The van der Waals surface area contributed by atoms with Crippen LogP contribution in [0.1, 0.15) is 87.3 Å². The number of allylic oxidation sites excluding steroid dienone is 2. The van der Waals surface area contributed by atoms with Crippen LogP contribution in [0.4, 0.5) is 10.5 Å². The average molecular weight is 677 g/mol. The number of benzene rings is 3. The van der Waals surface area contributed by atoms with Gasteiger partial charge >= 0.3 is 6.09 Å². The minimum atomic E-state index is -0.850. The van der Waals surface area contributed by atoms with E-state index in [1.54, 1.807) is 6.07 Å². The van der Waals surface area contributed by atoms with Gasteiger partial charge in [-0.25, -0.2) is 4.79 Å². The van der Waals surface area contributed by atoms with Crippen LogP contribution in [0.3, 0.4) is 0 Å². The Morgan fingerprint density at radius 3 is 2.28 bits per heavy atom. The summed E-state index contributed by atoms with van der Waals surface area (Å²) >= 11 is 0. The average Bonchev–Trinajstić information content (AvgIpc) is 3.43. The van der Waals surface area contributed by atoms with E-state index >= 15 is 0 Å². The van der Waals surface area contributed by atoms with Gasteiger partial charge in [0.25, 0.3) is 0 Å². The molecule has 50 heavy (non-hydrogen) atoms. The zero-order chi connectivity index (χ0) is 35.0. The molecule has 2 unspecified atom stereocenters. The van der Waals surface area contributed by atoms with Crippen LogP contribution in [0.2, 0.25) is 0 Å². The summed E-state index contributed by atoms with van der Waals surface area (Å²) in [6.07, 6.45) is 8.83. The third-order valence-electron chi connectivity index (χ3n) is 10.1.